The van der Waals surface area contributed by atoms with E-state index in [1.807, 2.05) is 24.1 Å². The van der Waals surface area contributed by atoms with Crippen LogP contribution in [-0.2, 0) is 6.18 Å². The Morgan fingerprint density at radius 1 is 1.17 bits per heavy atom. The Balaban J connectivity index is 1.24. The van der Waals surface area contributed by atoms with Gasteiger partial charge in [0.1, 0.15) is 11.5 Å². The first kappa shape index (κ1) is 23.1. The summed E-state index contributed by atoms with van der Waals surface area (Å²) in [7, 11) is 3.43. The molecule has 0 saturated heterocycles. The van der Waals surface area contributed by atoms with Gasteiger partial charge >= 0.3 is 6.18 Å². The smallest absolute Gasteiger partial charge is 0.434 e. The zero-order chi connectivity index (χ0) is 24.7. The molecular weight excluding hydrogens is 461 g/mol. The molecule has 0 bridgehead atoms. The number of para-hydroxylation sites is 1. The third kappa shape index (κ3) is 4.40. The Labute approximate surface area is 199 Å². The molecule has 0 atom stereocenters. The maximum absolute atomic E-state index is 13.1. The molecule has 0 spiro atoms. The molecule has 3 aromatic heterocycles. The van der Waals surface area contributed by atoms with Gasteiger partial charge in [0.05, 0.1) is 7.11 Å². The predicted molar refractivity (Wildman–Crippen MR) is 125 cm³/mol. The van der Waals surface area contributed by atoms with Crippen molar-refractivity contribution in [1.29, 1.82) is 0 Å². The summed E-state index contributed by atoms with van der Waals surface area (Å²) in [4.78, 5) is 18.5. The molecule has 1 N–H and O–H groups in total. The molecule has 1 fully saturated rings. The minimum atomic E-state index is -4.50. The summed E-state index contributed by atoms with van der Waals surface area (Å²) in [5, 5.41) is 3.84. The molecule has 0 unspecified atom stereocenters. The van der Waals surface area contributed by atoms with E-state index in [9.17, 15) is 18.0 Å². The topological polar surface area (TPSA) is 72.0 Å². The number of nitrogens with one attached hydrogen (secondary N) is 1. The monoisotopic (exact) mass is 486 g/mol. The molecule has 0 radical (unpaired) electrons. The van der Waals surface area contributed by atoms with Gasteiger partial charge in [-0.25, -0.2) is 4.98 Å². The number of carbonyl (C=O) groups excluding carboxylic acids is 1. The lowest BCUT2D eigenvalue weighted by molar-refractivity contribution is -0.140. The van der Waals surface area contributed by atoms with Crippen molar-refractivity contribution in [3.05, 3.63) is 60.1 Å². The third-order valence-electron chi connectivity index (χ3n) is 6.65. The van der Waals surface area contributed by atoms with E-state index in [-0.39, 0.29) is 29.4 Å². The van der Waals surface area contributed by atoms with Crippen molar-refractivity contribution in [2.75, 3.05) is 19.1 Å². The third-order valence-corrected chi connectivity index (χ3v) is 6.65. The highest BCUT2D eigenvalue weighted by Crippen LogP contribution is 2.32. The highest BCUT2D eigenvalue weighted by molar-refractivity contribution is 5.97. The van der Waals surface area contributed by atoms with Gasteiger partial charge in [-0.05, 0) is 49.9 Å². The highest BCUT2D eigenvalue weighted by atomic mass is 19.4. The number of anilines is 1. The number of fused-ring (bicyclic) bond motifs is 2. The van der Waals surface area contributed by atoms with E-state index in [1.54, 1.807) is 37.4 Å². The second-order valence-corrected chi connectivity index (χ2v) is 8.82. The van der Waals surface area contributed by atoms with Crippen molar-refractivity contribution < 1.29 is 27.1 Å². The SMILES string of the molecule is COc1cccc2cc(C(=O)NC3CCC(N(C)c4cccc5nc(C(F)(F)F)cn45)CC3)oc12. The summed E-state index contributed by atoms with van der Waals surface area (Å²) in [5.74, 6) is 1.17. The Morgan fingerprint density at radius 3 is 2.63 bits per heavy atom. The molecule has 184 valence electrons. The normalized spacial score (nSPS) is 18.7. The number of methoxy groups -OCH3 is 1. The van der Waals surface area contributed by atoms with E-state index in [2.05, 4.69) is 10.3 Å². The molecule has 10 heteroatoms. The summed E-state index contributed by atoms with van der Waals surface area (Å²) < 4.78 is 52.0. The number of nitrogens with zero attached hydrogens (tertiary/aromatic N) is 3. The van der Waals surface area contributed by atoms with Crippen LogP contribution in [0.15, 0.2) is 53.1 Å². The van der Waals surface area contributed by atoms with Crippen molar-refractivity contribution in [2.24, 2.45) is 0 Å². The standard InChI is InChI=1S/C25H25F3N4O3/c1-31(22-8-4-7-21-30-20(14-32(21)22)25(26,27)28)17-11-9-16(10-12-17)29-24(33)19-13-15-5-3-6-18(34-2)23(15)35-19/h3-8,13-14,16-17H,9-12H2,1-2H3,(H,29,33). The van der Waals surface area contributed by atoms with Crippen LogP contribution in [0.4, 0.5) is 19.0 Å². The Hall–Kier alpha value is -3.69. The molecule has 5 rings (SSSR count). The molecular formula is C25H25F3N4O3. The fourth-order valence-corrected chi connectivity index (χ4v) is 4.78. The van der Waals surface area contributed by atoms with Gasteiger partial charge in [-0.15, -0.1) is 0 Å². The van der Waals surface area contributed by atoms with Crippen molar-refractivity contribution in [3.63, 3.8) is 0 Å². The van der Waals surface area contributed by atoms with Gasteiger partial charge in [0.25, 0.3) is 5.91 Å². The zero-order valence-corrected chi connectivity index (χ0v) is 19.3. The van der Waals surface area contributed by atoms with Crippen LogP contribution in [0.5, 0.6) is 5.75 Å². The number of halogens is 3. The number of amides is 1. The van der Waals surface area contributed by atoms with Crippen LogP contribution < -0.4 is 15.0 Å². The number of alkyl halides is 3. The first-order valence-corrected chi connectivity index (χ1v) is 11.4. The van der Waals surface area contributed by atoms with E-state index in [0.29, 0.717) is 17.2 Å². The fourth-order valence-electron chi connectivity index (χ4n) is 4.78. The van der Waals surface area contributed by atoms with Gasteiger partial charge in [-0.3, -0.25) is 9.20 Å². The van der Waals surface area contributed by atoms with Crippen molar-refractivity contribution in [3.8, 4) is 5.75 Å². The van der Waals surface area contributed by atoms with Crippen molar-refractivity contribution >= 4 is 28.3 Å². The number of benzene rings is 1. The number of rotatable bonds is 5. The molecule has 7 nitrogen and oxygen atoms in total. The van der Waals surface area contributed by atoms with Crippen LogP contribution in [0.25, 0.3) is 16.6 Å². The average Bonchev–Trinajstić information content (AvgIpc) is 3.48. The zero-order valence-electron chi connectivity index (χ0n) is 19.3. The Kier molecular flexibility index (Phi) is 5.82. The first-order chi connectivity index (χ1) is 16.7. The molecule has 35 heavy (non-hydrogen) atoms. The second kappa shape index (κ2) is 8.83. The van der Waals surface area contributed by atoms with Crippen LogP contribution in [0.2, 0.25) is 0 Å². The van der Waals surface area contributed by atoms with Gasteiger partial charge < -0.3 is 19.4 Å². The highest BCUT2D eigenvalue weighted by Gasteiger charge is 2.34. The first-order valence-electron chi connectivity index (χ1n) is 11.4. The van der Waals surface area contributed by atoms with Gasteiger partial charge in [0.2, 0.25) is 0 Å². The Morgan fingerprint density at radius 2 is 1.91 bits per heavy atom. The number of pyridine rings is 1. The van der Waals surface area contributed by atoms with Crippen LogP contribution in [-0.4, -0.2) is 41.5 Å². The number of aromatic nitrogens is 2. The number of furan rings is 1. The van der Waals surface area contributed by atoms with Gasteiger partial charge in [0.15, 0.2) is 22.8 Å². The van der Waals surface area contributed by atoms with Crippen LogP contribution >= 0.6 is 0 Å². The molecule has 3 heterocycles. The van der Waals surface area contributed by atoms with E-state index < -0.39 is 11.9 Å². The fraction of sp³-hybridized carbons (Fsp3) is 0.360. The quantitative estimate of drug-likeness (QED) is 0.415. The summed E-state index contributed by atoms with van der Waals surface area (Å²) in [5.41, 5.74) is -0.120. The number of hydrogen-bond donors (Lipinski definition) is 1. The van der Waals surface area contributed by atoms with Crippen molar-refractivity contribution in [2.45, 2.75) is 43.9 Å². The lowest BCUT2D eigenvalue weighted by Crippen LogP contribution is -2.43. The summed E-state index contributed by atoms with van der Waals surface area (Å²) in [6, 6.07) is 12.4. The molecule has 1 saturated carbocycles. The molecule has 0 aliphatic heterocycles. The van der Waals surface area contributed by atoms with Crippen LogP contribution in [0.1, 0.15) is 41.9 Å². The van der Waals surface area contributed by atoms with Gasteiger partial charge in [-0.2, -0.15) is 13.2 Å². The lowest BCUT2D eigenvalue weighted by Gasteiger charge is -2.36. The summed E-state index contributed by atoms with van der Waals surface area (Å²) >= 11 is 0. The number of carbonyl (C=O) groups is 1. The summed E-state index contributed by atoms with van der Waals surface area (Å²) in [6.07, 6.45) is -0.395. The van der Waals surface area contributed by atoms with Crippen LogP contribution in [0, 0.1) is 0 Å². The van der Waals surface area contributed by atoms with Crippen molar-refractivity contribution in [1.82, 2.24) is 14.7 Å². The minimum Gasteiger partial charge on any atom is -0.493 e. The lowest BCUT2D eigenvalue weighted by atomic mass is 9.90. The largest absolute Gasteiger partial charge is 0.493 e. The maximum atomic E-state index is 13.1. The second-order valence-electron chi connectivity index (χ2n) is 8.82. The van der Waals surface area contributed by atoms with Gasteiger partial charge in [0, 0.05) is 30.7 Å². The van der Waals surface area contributed by atoms with E-state index in [4.69, 9.17) is 9.15 Å². The number of imidazole rings is 1. The van der Waals surface area contributed by atoms with Crippen LogP contribution in [0.3, 0.4) is 0 Å². The predicted octanol–water partition coefficient (Wildman–Crippen LogP) is 5.29. The average molecular weight is 486 g/mol. The van der Waals surface area contributed by atoms with E-state index in [1.165, 1.54) is 4.40 Å². The number of ether oxygens (including phenoxy) is 1. The number of hydrogen-bond acceptors (Lipinski definition) is 5. The Bertz CT molecular complexity index is 1370. The van der Waals surface area contributed by atoms with E-state index >= 15 is 0 Å². The molecule has 1 aromatic carbocycles. The maximum Gasteiger partial charge on any atom is 0.434 e. The molecule has 1 aliphatic carbocycles. The molecule has 1 aliphatic rings. The van der Waals surface area contributed by atoms with E-state index in [0.717, 1.165) is 37.3 Å². The molecule has 4 aromatic rings. The summed E-state index contributed by atoms with van der Waals surface area (Å²) in [6.45, 7) is 0. The van der Waals surface area contributed by atoms with Gasteiger partial charge in [-0.1, -0.05) is 18.2 Å². The minimum absolute atomic E-state index is 0.0110. The molecule has 1 amide bonds.